The molecule has 0 heteroatoms. The summed E-state index contributed by atoms with van der Waals surface area (Å²) >= 11 is 0. The van der Waals surface area contributed by atoms with Gasteiger partial charge in [0, 0.05) is 0 Å². The minimum Gasteiger partial charge on any atom is -0.0614 e. The predicted molar refractivity (Wildman–Crippen MR) is 256 cm³/mol. The van der Waals surface area contributed by atoms with Crippen LogP contribution >= 0.6 is 0 Å². The van der Waals surface area contributed by atoms with E-state index in [1.54, 1.807) is 0 Å². The number of hydrogen-bond donors (Lipinski definition) is 0. The Hall–Kier alpha value is -5.98. The first-order chi connectivity index (χ1) is 27.7. The second kappa shape index (κ2) is 11.8. The van der Waals surface area contributed by atoms with Gasteiger partial charge in [-0.25, -0.2) is 0 Å². The van der Waals surface area contributed by atoms with E-state index in [1.807, 2.05) is 0 Å². The average molecular weight is 747 g/mol. The summed E-state index contributed by atoms with van der Waals surface area (Å²) in [4.78, 5) is 0. The van der Waals surface area contributed by atoms with Crippen molar-refractivity contribution in [1.82, 2.24) is 0 Å². The molecule has 11 aromatic rings. The van der Waals surface area contributed by atoms with Gasteiger partial charge in [0.1, 0.15) is 0 Å². The van der Waals surface area contributed by atoms with Gasteiger partial charge in [0.15, 0.2) is 0 Å². The lowest BCUT2D eigenvalue weighted by Gasteiger charge is -2.19. The average Bonchev–Trinajstić information content (AvgIpc) is 3.68. The molecule has 0 amide bonds. The minimum absolute atomic E-state index is 0.0525. The molecular weight excluding hydrogens is 697 g/mol. The lowest BCUT2D eigenvalue weighted by atomic mass is 9.86. The van der Waals surface area contributed by atoms with Crippen LogP contribution in [0.2, 0.25) is 0 Å². The van der Waals surface area contributed by atoms with Crippen LogP contribution in [0.5, 0.6) is 0 Å². The van der Waals surface area contributed by atoms with Crippen LogP contribution in [0.3, 0.4) is 0 Å². The molecule has 0 radical (unpaired) electrons. The van der Waals surface area contributed by atoms with Gasteiger partial charge in [0.25, 0.3) is 0 Å². The van der Waals surface area contributed by atoms with Crippen molar-refractivity contribution >= 4 is 86.2 Å². The second-order valence-corrected chi connectivity index (χ2v) is 19.5. The maximum Gasteiger partial charge on any atom is -0.00195 e. The number of aryl methyl sites for hydroxylation is 2. The Labute approximate surface area is 341 Å². The highest BCUT2D eigenvalue weighted by atomic mass is 14.3. The van der Waals surface area contributed by atoms with Gasteiger partial charge >= 0.3 is 0 Å². The van der Waals surface area contributed by atoms with Crippen molar-refractivity contribution < 1.29 is 0 Å². The van der Waals surface area contributed by atoms with Crippen LogP contribution in [-0.2, 0) is 10.8 Å². The maximum atomic E-state index is 2.54. The van der Waals surface area contributed by atoms with Crippen molar-refractivity contribution in [2.75, 3.05) is 0 Å². The molecule has 0 atom stereocenters. The molecule has 0 unspecified atom stereocenters. The van der Waals surface area contributed by atoms with Gasteiger partial charge in [-0.05, 0) is 229 Å². The third-order valence-electron chi connectivity index (χ3n) is 14.0. The first-order valence-corrected chi connectivity index (χ1v) is 21.1. The fourth-order valence-corrected chi connectivity index (χ4v) is 10.4. The highest BCUT2D eigenvalue weighted by Crippen LogP contribution is 2.50. The normalized spacial score (nSPS) is 13.0. The zero-order chi connectivity index (χ0) is 40.2. The Balaban J connectivity index is 1.33. The van der Waals surface area contributed by atoms with Crippen molar-refractivity contribution in [2.24, 2.45) is 0 Å². The standard InChI is InChI=1S/C58H50/c1-31-13-11-15-39(33(31)3)35-23-49-43-21-22-44-48(47(43)29-53-41-19-17-37(57(5,6)7)27-45(41)51(25-35)55(49)53)30-54-42-20-18-38(58(8,9)10)28-46(42)52-26-36(24-50(44)56(52)54)40-16-12-14-32(2)34(40)4/h11-30H,1-10H3. The van der Waals surface area contributed by atoms with Crippen LogP contribution < -0.4 is 0 Å². The van der Waals surface area contributed by atoms with E-state index in [1.165, 1.54) is 142 Å². The van der Waals surface area contributed by atoms with Gasteiger partial charge in [-0.2, -0.15) is 0 Å². The first kappa shape index (κ1) is 35.2. The van der Waals surface area contributed by atoms with Crippen LogP contribution in [0.15, 0.2) is 121 Å². The van der Waals surface area contributed by atoms with Gasteiger partial charge in [0.05, 0.1) is 0 Å². The number of fused-ring (bicyclic) bond motifs is 11. The molecule has 0 saturated carbocycles. The molecule has 0 aliphatic heterocycles. The lowest BCUT2D eigenvalue weighted by molar-refractivity contribution is 0.591. The molecule has 0 aliphatic rings. The lowest BCUT2D eigenvalue weighted by Crippen LogP contribution is -2.10. The van der Waals surface area contributed by atoms with Gasteiger partial charge in [-0.15, -0.1) is 0 Å². The second-order valence-electron chi connectivity index (χ2n) is 19.5. The summed E-state index contributed by atoms with van der Waals surface area (Å²) in [5.74, 6) is 0. The number of benzene rings is 9. The van der Waals surface area contributed by atoms with Crippen LogP contribution in [0.4, 0.5) is 0 Å². The van der Waals surface area contributed by atoms with Gasteiger partial charge in [0.2, 0.25) is 0 Å². The molecule has 11 aromatic carbocycles. The van der Waals surface area contributed by atoms with Crippen molar-refractivity contribution in [3.8, 4) is 22.3 Å². The van der Waals surface area contributed by atoms with E-state index in [0.29, 0.717) is 0 Å². The number of hydrogen-bond acceptors (Lipinski definition) is 0. The fourth-order valence-electron chi connectivity index (χ4n) is 10.4. The SMILES string of the molecule is Cc1cccc(-c2cc3c4ccc5c(cc6c7ccc(C(C)(C)C)cc7c7cc(-c8cccc(C)c8C)cc5c76)c4cc4c5ccc(C(C)(C)C)cc5c(c2)c34)c1C. The van der Waals surface area contributed by atoms with E-state index in [0.717, 1.165) is 0 Å². The minimum atomic E-state index is 0.0525. The largest absolute Gasteiger partial charge is 0.0614 e. The molecule has 282 valence electrons. The van der Waals surface area contributed by atoms with E-state index < -0.39 is 0 Å². The molecule has 0 aliphatic carbocycles. The van der Waals surface area contributed by atoms with Crippen LogP contribution in [0, 0.1) is 27.7 Å². The third kappa shape index (κ3) is 4.88. The van der Waals surface area contributed by atoms with Crippen LogP contribution in [0.25, 0.3) is 108 Å². The van der Waals surface area contributed by atoms with Crippen molar-refractivity contribution in [2.45, 2.75) is 80.1 Å². The fraction of sp³-hybridized carbons (Fsp3) is 0.207. The van der Waals surface area contributed by atoms with E-state index in [4.69, 9.17) is 0 Å². The summed E-state index contributed by atoms with van der Waals surface area (Å²) < 4.78 is 0. The summed E-state index contributed by atoms with van der Waals surface area (Å²) in [7, 11) is 0. The van der Waals surface area contributed by atoms with Crippen molar-refractivity contribution in [3.05, 3.63) is 155 Å². The van der Waals surface area contributed by atoms with Crippen molar-refractivity contribution in [1.29, 1.82) is 0 Å². The molecule has 0 saturated heterocycles. The Morgan fingerprint density at radius 3 is 0.966 bits per heavy atom. The molecule has 0 aromatic heterocycles. The first-order valence-electron chi connectivity index (χ1n) is 21.1. The Bertz CT molecular complexity index is 3300. The smallest absolute Gasteiger partial charge is 0.00195 e. The van der Waals surface area contributed by atoms with Gasteiger partial charge in [-0.1, -0.05) is 114 Å². The molecule has 0 spiro atoms. The number of rotatable bonds is 2. The highest BCUT2D eigenvalue weighted by molar-refractivity contribution is 6.40. The van der Waals surface area contributed by atoms with Crippen molar-refractivity contribution in [3.63, 3.8) is 0 Å². The molecular formula is C58H50. The zero-order valence-electron chi connectivity index (χ0n) is 35.5. The Kier molecular flexibility index (Phi) is 7.16. The van der Waals surface area contributed by atoms with E-state index in [2.05, 4.69) is 191 Å². The summed E-state index contributed by atoms with van der Waals surface area (Å²) in [6.07, 6.45) is 0. The monoisotopic (exact) mass is 746 g/mol. The summed E-state index contributed by atoms with van der Waals surface area (Å²) in [5.41, 5.74) is 13.4. The molecule has 58 heavy (non-hydrogen) atoms. The molecule has 0 heterocycles. The summed E-state index contributed by atoms with van der Waals surface area (Å²) in [6.45, 7) is 23.0. The maximum absolute atomic E-state index is 2.54. The molecule has 0 N–H and O–H groups in total. The topological polar surface area (TPSA) is 0 Å². The third-order valence-corrected chi connectivity index (χ3v) is 14.0. The molecule has 0 nitrogen and oxygen atoms in total. The van der Waals surface area contributed by atoms with E-state index in [9.17, 15) is 0 Å². The van der Waals surface area contributed by atoms with E-state index >= 15 is 0 Å². The zero-order valence-corrected chi connectivity index (χ0v) is 35.5. The van der Waals surface area contributed by atoms with Gasteiger partial charge < -0.3 is 0 Å². The molecule has 0 bridgehead atoms. The van der Waals surface area contributed by atoms with Crippen LogP contribution in [0.1, 0.15) is 74.9 Å². The predicted octanol–water partition coefficient (Wildman–Crippen LogP) is 17.0. The Morgan fingerprint density at radius 1 is 0.293 bits per heavy atom. The summed E-state index contributed by atoms with van der Waals surface area (Å²) in [6, 6.07) is 47.9. The molecule has 0 fully saturated rings. The van der Waals surface area contributed by atoms with Gasteiger partial charge in [-0.3, -0.25) is 0 Å². The quantitative estimate of drug-likeness (QED) is 0.155. The Morgan fingerprint density at radius 2 is 0.603 bits per heavy atom. The molecule has 11 rings (SSSR count). The summed E-state index contributed by atoms with van der Waals surface area (Å²) in [5, 5.41) is 21.6. The highest BCUT2D eigenvalue weighted by Gasteiger charge is 2.24. The van der Waals surface area contributed by atoms with E-state index in [-0.39, 0.29) is 10.8 Å². The van der Waals surface area contributed by atoms with Crippen LogP contribution in [-0.4, -0.2) is 0 Å².